The second kappa shape index (κ2) is 5.46. The van der Waals surface area contributed by atoms with Crippen molar-refractivity contribution in [2.75, 3.05) is 24.7 Å². The molecule has 0 aliphatic rings. The molecule has 7 heteroatoms. The molecular formula is C10H14ClNO4S. The summed E-state index contributed by atoms with van der Waals surface area (Å²) in [6.45, 7) is 1.54. The third-order valence-electron chi connectivity index (χ3n) is 2.12. The first kappa shape index (κ1) is 13.9. The van der Waals surface area contributed by atoms with Crippen LogP contribution >= 0.6 is 11.6 Å². The third-order valence-corrected chi connectivity index (χ3v) is 3.71. The Morgan fingerprint density at radius 2 is 1.82 bits per heavy atom. The summed E-state index contributed by atoms with van der Waals surface area (Å²) in [7, 11) is -0.465. The van der Waals surface area contributed by atoms with Crippen molar-refractivity contribution < 1.29 is 17.9 Å². The second-order valence-electron chi connectivity index (χ2n) is 3.19. The molecule has 0 saturated heterocycles. The van der Waals surface area contributed by atoms with Gasteiger partial charge in [-0.2, -0.15) is 0 Å². The number of hydrogen-bond acceptors (Lipinski definition) is 4. The van der Waals surface area contributed by atoms with Gasteiger partial charge in [0.05, 0.1) is 30.7 Å². The average Bonchev–Trinajstić information content (AvgIpc) is 2.29. The summed E-state index contributed by atoms with van der Waals surface area (Å²) >= 11 is 5.92. The van der Waals surface area contributed by atoms with Gasteiger partial charge in [-0.25, -0.2) is 8.42 Å². The number of nitrogens with one attached hydrogen (secondary N) is 1. The second-order valence-corrected chi connectivity index (χ2v) is 5.61. The molecule has 1 aromatic carbocycles. The van der Waals surface area contributed by atoms with Gasteiger partial charge in [0.1, 0.15) is 11.5 Å². The average molecular weight is 280 g/mol. The molecule has 0 saturated carbocycles. The Morgan fingerprint density at radius 1 is 1.24 bits per heavy atom. The van der Waals surface area contributed by atoms with Gasteiger partial charge in [0, 0.05) is 6.07 Å². The molecule has 17 heavy (non-hydrogen) atoms. The van der Waals surface area contributed by atoms with Crippen molar-refractivity contribution in [3.05, 3.63) is 17.2 Å². The number of rotatable bonds is 5. The molecule has 96 valence electrons. The lowest BCUT2D eigenvalue weighted by Gasteiger charge is -2.13. The SMILES string of the molecule is CCS(=O)(=O)Nc1cc(Cl)c(OC)cc1OC. The number of hydrogen-bond donors (Lipinski definition) is 1. The highest BCUT2D eigenvalue weighted by Crippen LogP contribution is 2.36. The van der Waals surface area contributed by atoms with E-state index >= 15 is 0 Å². The van der Waals surface area contributed by atoms with Gasteiger partial charge in [0.15, 0.2) is 0 Å². The van der Waals surface area contributed by atoms with Crippen LogP contribution < -0.4 is 14.2 Å². The summed E-state index contributed by atoms with van der Waals surface area (Å²) in [5.41, 5.74) is 0.292. The topological polar surface area (TPSA) is 64.6 Å². The Bertz CT molecular complexity index is 501. The molecule has 5 nitrogen and oxygen atoms in total. The summed E-state index contributed by atoms with van der Waals surface area (Å²) in [6, 6.07) is 2.97. The smallest absolute Gasteiger partial charge is 0.232 e. The van der Waals surface area contributed by atoms with Crippen molar-refractivity contribution in [2.24, 2.45) is 0 Å². The van der Waals surface area contributed by atoms with Gasteiger partial charge < -0.3 is 9.47 Å². The summed E-state index contributed by atoms with van der Waals surface area (Å²) in [5.74, 6) is 0.742. The largest absolute Gasteiger partial charge is 0.495 e. The molecule has 0 aliphatic heterocycles. The van der Waals surface area contributed by atoms with Crippen LogP contribution in [0, 0.1) is 0 Å². The van der Waals surface area contributed by atoms with E-state index in [2.05, 4.69) is 4.72 Å². The molecule has 0 radical (unpaired) electrons. The predicted octanol–water partition coefficient (Wildman–Crippen LogP) is 2.12. The summed E-state index contributed by atoms with van der Waals surface area (Å²) in [5, 5.41) is 0.308. The lowest BCUT2D eigenvalue weighted by Crippen LogP contribution is -2.15. The maximum atomic E-state index is 11.5. The van der Waals surface area contributed by atoms with Crippen LogP contribution in [0.25, 0.3) is 0 Å². The molecule has 1 N–H and O–H groups in total. The lowest BCUT2D eigenvalue weighted by molar-refractivity contribution is 0.396. The molecule has 0 spiro atoms. The van der Waals surface area contributed by atoms with Crippen LogP contribution in [0.2, 0.25) is 5.02 Å². The highest BCUT2D eigenvalue weighted by molar-refractivity contribution is 7.92. The minimum Gasteiger partial charge on any atom is -0.495 e. The van der Waals surface area contributed by atoms with Crippen LogP contribution in [-0.2, 0) is 10.0 Å². The molecule has 0 heterocycles. The van der Waals surface area contributed by atoms with Gasteiger partial charge in [-0.05, 0) is 13.0 Å². The zero-order chi connectivity index (χ0) is 13.1. The van der Waals surface area contributed by atoms with Crippen molar-refractivity contribution in [3.8, 4) is 11.5 Å². The molecule has 0 unspecified atom stereocenters. The van der Waals surface area contributed by atoms with E-state index in [0.29, 0.717) is 22.2 Å². The number of halogens is 1. The van der Waals surface area contributed by atoms with Crippen molar-refractivity contribution in [2.45, 2.75) is 6.92 Å². The molecule has 0 fully saturated rings. The fourth-order valence-corrected chi connectivity index (χ4v) is 2.06. The van der Waals surface area contributed by atoms with E-state index in [4.69, 9.17) is 21.1 Å². The van der Waals surface area contributed by atoms with E-state index < -0.39 is 10.0 Å². The van der Waals surface area contributed by atoms with Crippen LogP contribution in [0.1, 0.15) is 6.92 Å². The predicted molar refractivity (Wildman–Crippen MR) is 67.6 cm³/mol. The molecule has 0 atom stereocenters. The van der Waals surface area contributed by atoms with Gasteiger partial charge in [0.25, 0.3) is 0 Å². The maximum absolute atomic E-state index is 11.5. The zero-order valence-electron chi connectivity index (χ0n) is 9.78. The summed E-state index contributed by atoms with van der Waals surface area (Å²) < 4.78 is 35.4. The van der Waals surface area contributed by atoms with E-state index in [0.717, 1.165) is 0 Å². The number of sulfonamides is 1. The molecule has 1 rings (SSSR count). The van der Waals surface area contributed by atoms with E-state index in [1.807, 2.05) is 0 Å². The molecule has 1 aromatic rings. The normalized spacial score (nSPS) is 11.1. The van der Waals surface area contributed by atoms with Crippen LogP contribution in [0.4, 0.5) is 5.69 Å². The van der Waals surface area contributed by atoms with Crippen LogP contribution in [-0.4, -0.2) is 28.4 Å². The molecule has 0 aromatic heterocycles. The minimum absolute atomic E-state index is 0.0280. The zero-order valence-corrected chi connectivity index (χ0v) is 11.4. The third kappa shape index (κ3) is 3.41. The van der Waals surface area contributed by atoms with Crippen molar-refractivity contribution in [3.63, 3.8) is 0 Å². The monoisotopic (exact) mass is 279 g/mol. The summed E-state index contributed by atoms with van der Waals surface area (Å²) in [6.07, 6.45) is 0. The lowest BCUT2D eigenvalue weighted by atomic mass is 10.3. The summed E-state index contributed by atoms with van der Waals surface area (Å²) in [4.78, 5) is 0. The van der Waals surface area contributed by atoms with Gasteiger partial charge in [-0.3, -0.25) is 4.72 Å². The maximum Gasteiger partial charge on any atom is 0.232 e. The number of anilines is 1. The first-order valence-electron chi connectivity index (χ1n) is 4.85. The van der Waals surface area contributed by atoms with Gasteiger partial charge in [0.2, 0.25) is 10.0 Å². The van der Waals surface area contributed by atoms with Crippen molar-refractivity contribution in [1.82, 2.24) is 0 Å². The van der Waals surface area contributed by atoms with Gasteiger partial charge in [-0.15, -0.1) is 0 Å². The van der Waals surface area contributed by atoms with Crippen molar-refractivity contribution >= 4 is 27.3 Å². The van der Waals surface area contributed by atoms with E-state index in [-0.39, 0.29) is 5.75 Å². The highest BCUT2D eigenvalue weighted by Gasteiger charge is 2.14. The molecule has 0 aliphatic carbocycles. The van der Waals surface area contributed by atoms with Gasteiger partial charge in [-0.1, -0.05) is 11.6 Å². The van der Waals surface area contributed by atoms with E-state index in [1.165, 1.54) is 26.4 Å². The van der Waals surface area contributed by atoms with Gasteiger partial charge >= 0.3 is 0 Å². The number of benzene rings is 1. The fraction of sp³-hybridized carbons (Fsp3) is 0.400. The first-order valence-corrected chi connectivity index (χ1v) is 6.88. The van der Waals surface area contributed by atoms with Crippen LogP contribution in [0.3, 0.4) is 0 Å². The Balaban J connectivity index is 3.20. The Hall–Kier alpha value is -1.14. The minimum atomic E-state index is -3.37. The highest BCUT2D eigenvalue weighted by atomic mass is 35.5. The molecular weight excluding hydrogens is 266 g/mol. The quantitative estimate of drug-likeness (QED) is 0.897. The van der Waals surface area contributed by atoms with E-state index in [9.17, 15) is 8.42 Å². The standard InChI is InChI=1S/C10H14ClNO4S/c1-4-17(13,14)12-8-5-7(11)9(15-2)6-10(8)16-3/h5-6,12H,4H2,1-3H3. The Labute approximate surface area is 106 Å². The molecule has 0 amide bonds. The Kier molecular flexibility index (Phi) is 4.47. The fourth-order valence-electron chi connectivity index (χ4n) is 1.18. The molecule has 0 bridgehead atoms. The number of ether oxygens (including phenoxy) is 2. The van der Waals surface area contributed by atoms with Crippen LogP contribution in [0.5, 0.6) is 11.5 Å². The first-order chi connectivity index (χ1) is 7.93. The van der Waals surface area contributed by atoms with Crippen molar-refractivity contribution in [1.29, 1.82) is 0 Å². The van der Waals surface area contributed by atoms with Crippen LogP contribution in [0.15, 0.2) is 12.1 Å². The number of methoxy groups -OCH3 is 2. The Morgan fingerprint density at radius 3 is 2.29 bits per heavy atom. The van der Waals surface area contributed by atoms with E-state index in [1.54, 1.807) is 6.92 Å².